The zero-order valence-electron chi connectivity index (χ0n) is 9.30. The molecule has 1 aliphatic rings. The molecule has 0 heteroatoms. The van der Waals surface area contributed by atoms with E-state index in [2.05, 4.69) is 45.0 Å². The standard InChI is InChI=1S/C14H18/c1-10(2)14-9-13-7-5-4-6-12(13)8-11(14)3/h4-7,10H,8-9H2,1-3H3. The molecule has 0 nitrogen and oxygen atoms in total. The molecule has 0 N–H and O–H groups in total. The molecule has 0 saturated heterocycles. The zero-order chi connectivity index (χ0) is 10.1. The van der Waals surface area contributed by atoms with E-state index in [0.29, 0.717) is 5.92 Å². The Kier molecular flexibility index (Phi) is 2.45. The maximum Gasteiger partial charge on any atom is -0.00590 e. The van der Waals surface area contributed by atoms with Gasteiger partial charge in [-0.15, -0.1) is 0 Å². The molecule has 0 bridgehead atoms. The lowest BCUT2D eigenvalue weighted by atomic mass is 9.82. The van der Waals surface area contributed by atoms with Crippen LogP contribution >= 0.6 is 0 Å². The second-order valence-corrected chi connectivity index (χ2v) is 4.58. The molecular weight excluding hydrogens is 168 g/mol. The molecular formula is C14H18. The van der Waals surface area contributed by atoms with E-state index in [1.54, 1.807) is 11.1 Å². The highest BCUT2D eigenvalue weighted by atomic mass is 14.2. The van der Waals surface area contributed by atoms with E-state index in [0.717, 1.165) is 6.42 Å². The van der Waals surface area contributed by atoms with Crippen LogP contribution < -0.4 is 0 Å². The number of fused-ring (bicyclic) bond motifs is 1. The van der Waals surface area contributed by atoms with Gasteiger partial charge < -0.3 is 0 Å². The van der Waals surface area contributed by atoms with Crippen molar-refractivity contribution in [3.63, 3.8) is 0 Å². The highest BCUT2D eigenvalue weighted by Gasteiger charge is 2.16. The van der Waals surface area contributed by atoms with Crippen molar-refractivity contribution < 1.29 is 0 Å². The molecule has 1 aromatic carbocycles. The Hall–Kier alpha value is -1.04. The first-order chi connectivity index (χ1) is 6.68. The first kappa shape index (κ1) is 9.51. The normalized spacial score (nSPS) is 16.0. The molecule has 2 rings (SSSR count). The van der Waals surface area contributed by atoms with Gasteiger partial charge in [-0.1, -0.05) is 49.3 Å². The molecule has 1 aromatic rings. The smallest absolute Gasteiger partial charge is 0.00590 e. The van der Waals surface area contributed by atoms with E-state index < -0.39 is 0 Å². The van der Waals surface area contributed by atoms with Gasteiger partial charge in [0.05, 0.1) is 0 Å². The van der Waals surface area contributed by atoms with Gasteiger partial charge in [0.25, 0.3) is 0 Å². The van der Waals surface area contributed by atoms with Crippen molar-refractivity contribution in [3.05, 3.63) is 46.5 Å². The Balaban J connectivity index is 2.37. The summed E-state index contributed by atoms with van der Waals surface area (Å²) in [5, 5.41) is 0. The fourth-order valence-corrected chi connectivity index (χ4v) is 2.35. The van der Waals surface area contributed by atoms with Crippen LogP contribution in [0, 0.1) is 5.92 Å². The van der Waals surface area contributed by atoms with Crippen molar-refractivity contribution in [3.8, 4) is 0 Å². The Morgan fingerprint density at radius 2 is 1.57 bits per heavy atom. The summed E-state index contributed by atoms with van der Waals surface area (Å²) >= 11 is 0. The summed E-state index contributed by atoms with van der Waals surface area (Å²) in [4.78, 5) is 0. The van der Waals surface area contributed by atoms with Gasteiger partial charge in [-0.05, 0) is 36.8 Å². The SMILES string of the molecule is CC1=C(C(C)C)Cc2ccccc2C1. The Bertz CT molecular complexity index is 369. The van der Waals surface area contributed by atoms with Crippen molar-refractivity contribution in [2.45, 2.75) is 33.6 Å². The molecule has 0 heterocycles. The first-order valence-corrected chi connectivity index (χ1v) is 5.43. The van der Waals surface area contributed by atoms with Crippen LogP contribution in [0.5, 0.6) is 0 Å². The Labute approximate surface area is 86.7 Å². The van der Waals surface area contributed by atoms with Crippen molar-refractivity contribution in [1.29, 1.82) is 0 Å². The van der Waals surface area contributed by atoms with Gasteiger partial charge in [-0.25, -0.2) is 0 Å². The lowest BCUT2D eigenvalue weighted by Gasteiger charge is -2.23. The monoisotopic (exact) mass is 186 g/mol. The number of hydrogen-bond acceptors (Lipinski definition) is 0. The fraction of sp³-hybridized carbons (Fsp3) is 0.429. The summed E-state index contributed by atoms with van der Waals surface area (Å²) in [5.74, 6) is 0.698. The van der Waals surface area contributed by atoms with Gasteiger partial charge in [-0.2, -0.15) is 0 Å². The third-order valence-electron chi connectivity index (χ3n) is 3.20. The van der Waals surface area contributed by atoms with Gasteiger partial charge in [0, 0.05) is 0 Å². The summed E-state index contributed by atoms with van der Waals surface area (Å²) in [6, 6.07) is 8.82. The molecule has 0 atom stereocenters. The lowest BCUT2D eigenvalue weighted by molar-refractivity contribution is 0.708. The minimum absolute atomic E-state index is 0.698. The van der Waals surface area contributed by atoms with Crippen LogP contribution in [-0.4, -0.2) is 0 Å². The van der Waals surface area contributed by atoms with Crippen LogP contribution in [0.3, 0.4) is 0 Å². The van der Waals surface area contributed by atoms with E-state index >= 15 is 0 Å². The maximum absolute atomic E-state index is 2.30. The van der Waals surface area contributed by atoms with Gasteiger partial charge in [0.15, 0.2) is 0 Å². The number of hydrogen-bond donors (Lipinski definition) is 0. The number of allylic oxidation sites excluding steroid dienone is 2. The average molecular weight is 186 g/mol. The van der Waals surface area contributed by atoms with Gasteiger partial charge in [-0.3, -0.25) is 0 Å². The van der Waals surface area contributed by atoms with E-state index in [-0.39, 0.29) is 0 Å². The number of rotatable bonds is 1. The second kappa shape index (κ2) is 3.61. The molecule has 0 amide bonds. The molecule has 0 fully saturated rings. The van der Waals surface area contributed by atoms with Crippen LogP contribution in [0.4, 0.5) is 0 Å². The molecule has 14 heavy (non-hydrogen) atoms. The third-order valence-corrected chi connectivity index (χ3v) is 3.20. The second-order valence-electron chi connectivity index (χ2n) is 4.58. The van der Waals surface area contributed by atoms with Crippen LogP contribution in [0.25, 0.3) is 0 Å². The van der Waals surface area contributed by atoms with E-state index in [4.69, 9.17) is 0 Å². The third kappa shape index (κ3) is 1.61. The highest BCUT2D eigenvalue weighted by molar-refractivity contribution is 5.40. The van der Waals surface area contributed by atoms with Gasteiger partial charge in [0.2, 0.25) is 0 Å². The van der Waals surface area contributed by atoms with E-state index in [9.17, 15) is 0 Å². The molecule has 0 saturated carbocycles. The molecule has 0 aliphatic heterocycles. The zero-order valence-corrected chi connectivity index (χ0v) is 9.30. The van der Waals surface area contributed by atoms with Crippen LogP contribution in [0.15, 0.2) is 35.4 Å². The summed E-state index contributed by atoms with van der Waals surface area (Å²) in [7, 11) is 0. The molecule has 0 radical (unpaired) electrons. The van der Waals surface area contributed by atoms with Gasteiger partial charge >= 0.3 is 0 Å². The quantitative estimate of drug-likeness (QED) is 0.586. The molecule has 0 spiro atoms. The van der Waals surface area contributed by atoms with Crippen LogP contribution in [0.2, 0.25) is 0 Å². The van der Waals surface area contributed by atoms with Crippen molar-refractivity contribution in [1.82, 2.24) is 0 Å². The Morgan fingerprint density at radius 1 is 1.00 bits per heavy atom. The predicted octanol–water partition coefficient (Wildman–Crippen LogP) is 3.76. The Morgan fingerprint density at radius 3 is 2.14 bits per heavy atom. The van der Waals surface area contributed by atoms with E-state index in [1.165, 1.54) is 17.5 Å². The van der Waals surface area contributed by atoms with Gasteiger partial charge in [0.1, 0.15) is 0 Å². The van der Waals surface area contributed by atoms with Crippen LogP contribution in [0.1, 0.15) is 31.9 Å². The number of benzene rings is 1. The maximum atomic E-state index is 2.30. The van der Waals surface area contributed by atoms with Crippen molar-refractivity contribution >= 4 is 0 Å². The predicted molar refractivity (Wildman–Crippen MR) is 61.4 cm³/mol. The summed E-state index contributed by atoms with van der Waals surface area (Å²) in [6.07, 6.45) is 2.32. The van der Waals surface area contributed by atoms with Crippen molar-refractivity contribution in [2.75, 3.05) is 0 Å². The summed E-state index contributed by atoms with van der Waals surface area (Å²) in [6.45, 7) is 6.88. The van der Waals surface area contributed by atoms with Crippen molar-refractivity contribution in [2.24, 2.45) is 5.92 Å². The average Bonchev–Trinajstić information content (AvgIpc) is 2.16. The van der Waals surface area contributed by atoms with E-state index in [1.807, 2.05) is 0 Å². The fourth-order valence-electron chi connectivity index (χ4n) is 2.35. The lowest BCUT2D eigenvalue weighted by Crippen LogP contribution is -2.11. The molecule has 74 valence electrons. The first-order valence-electron chi connectivity index (χ1n) is 5.43. The van der Waals surface area contributed by atoms with Crippen LogP contribution in [-0.2, 0) is 12.8 Å². The minimum Gasteiger partial charge on any atom is -0.0691 e. The summed E-state index contributed by atoms with van der Waals surface area (Å²) < 4.78 is 0. The largest absolute Gasteiger partial charge is 0.0691 e. The molecule has 0 aromatic heterocycles. The molecule has 0 unspecified atom stereocenters. The topological polar surface area (TPSA) is 0 Å². The highest BCUT2D eigenvalue weighted by Crippen LogP contribution is 2.29. The molecule has 1 aliphatic carbocycles. The minimum atomic E-state index is 0.698. The summed E-state index contributed by atoms with van der Waals surface area (Å²) in [5.41, 5.74) is 6.28.